The number of ether oxygens (including phenoxy) is 1. The molecule has 156 valence electrons. The minimum Gasteiger partial charge on any atom is -0.378 e. The van der Waals surface area contributed by atoms with Gasteiger partial charge < -0.3 is 9.64 Å². The SMILES string of the molecule is Cc1ccc(-c2nc(C(=O)NNC(=O)c3sc(N4CCOCC4)nc3C)cs2)cc1. The van der Waals surface area contributed by atoms with E-state index in [0.29, 0.717) is 23.8 Å². The average Bonchev–Trinajstić information content (AvgIpc) is 3.40. The van der Waals surface area contributed by atoms with Gasteiger partial charge in [-0.2, -0.15) is 0 Å². The standard InChI is InChI=1S/C20H21N5O3S2/c1-12-3-5-14(6-4-12)19-22-15(11-29-19)17(26)23-24-18(27)16-13(2)21-20(30-16)25-7-9-28-10-8-25/h3-6,11H,7-10H2,1-2H3,(H,23,26)(H,24,27). The summed E-state index contributed by atoms with van der Waals surface area (Å²) in [6.45, 7) is 6.59. The molecule has 0 spiro atoms. The van der Waals surface area contributed by atoms with Crippen LogP contribution in [0.15, 0.2) is 29.6 Å². The van der Waals surface area contributed by atoms with E-state index in [1.54, 1.807) is 12.3 Å². The molecule has 3 aromatic rings. The van der Waals surface area contributed by atoms with Gasteiger partial charge in [-0.1, -0.05) is 41.2 Å². The number of morpholine rings is 1. The van der Waals surface area contributed by atoms with Gasteiger partial charge in [0.1, 0.15) is 15.6 Å². The molecular weight excluding hydrogens is 422 g/mol. The molecule has 1 saturated heterocycles. The number of anilines is 1. The monoisotopic (exact) mass is 443 g/mol. The van der Waals surface area contributed by atoms with Crippen LogP contribution in [0.25, 0.3) is 10.6 Å². The second-order valence-electron chi connectivity index (χ2n) is 6.82. The maximum absolute atomic E-state index is 12.5. The molecule has 2 N–H and O–H groups in total. The fraction of sp³-hybridized carbons (Fsp3) is 0.300. The van der Waals surface area contributed by atoms with E-state index in [4.69, 9.17) is 4.74 Å². The van der Waals surface area contributed by atoms with E-state index in [2.05, 4.69) is 25.7 Å². The molecule has 10 heteroatoms. The zero-order chi connectivity index (χ0) is 21.1. The molecule has 0 bridgehead atoms. The Labute approximate surface area is 181 Å². The van der Waals surface area contributed by atoms with Gasteiger partial charge in [0.15, 0.2) is 5.13 Å². The van der Waals surface area contributed by atoms with Crippen LogP contribution in [0.3, 0.4) is 0 Å². The second-order valence-corrected chi connectivity index (χ2v) is 8.66. The van der Waals surface area contributed by atoms with Crippen LogP contribution in [-0.4, -0.2) is 48.1 Å². The highest BCUT2D eigenvalue weighted by atomic mass is 32.1. The molecule has 8 nitrogen and oxygen atoms in total. The van der Waals surface area contributed by atoms with E-state index in [1.807, 2.05) is 31.2 Å². The molecule has 2 amide bonds. The first-order valence-electron chi connectivity index (χ1n) is 9.44. The Morgan fingerprint density at radius 1 is 1.03 bits per heavy atom. The van der Waals surface area contributed by atoms with Crippen molar-refractivity contribution in [1.29, 1.82) is 0 Å². The van der Waals surface area contributed by atoms with Gasteiger partial charge in [0.25, 0.3) is 11.8 Å². The van der Waals surface area contributed by atoms with Crippen LogP contribution >= 0.6 is 22.7 Å². The number of amides is 2. The fourth-order valence-electron chi connectivity index (χ4n) is 2.92. The summed E-state index contributed by atoms with van der Waals surface area (Å²) in [4.78, 5) is 36.4. The number of nitrogens with zero attached hydrogens (tertiary/aromatic N) is 3. The van der Waals surface area contributed by atoms with Crippen LogP contribution in [0.4, 0.5) is 5.13 Å². The van der Waals surface area contributed by atoms with Crippen molar-refractivity contribution in [1.82, 2.24) is 20.8 Å². The Morgan fingerprint density at radius 3 is 2.47 bits per heavy atom. The van der Waals surface area contributed by atoms with Gasteiger partial charge in [0, 0.05) is 24.0 Å². The van der Waals surface area contributed by atoms with Crippen molar-refractivity contribution in [3.05, 3.63) is 51.5 Å². The highest BCUT2D eigenvalue weighted by Crippen LogP contribution is 2.27. The number of thiazole rings is 2. The number of hydrazine groups is 1. The van der Waals surface area contributed by atoms with Gasteiger partial charge in [-0.15, -0.1) is 11.3 Å². The maximum atomic E-state index is 12.5. The number of carbonyl (C=O) groups excluding carboxylic acids is 2. The summed E-state index contributed by atoms with van der Waals surface area (Å²) >= 11 is 2.69. The molecule has 0 aliphatic carbocycles. The van der Waals surface area contributed by atoms with Gasteiger partial charge in [-0.3, -0.25) is 20.4 Å². The molecule has 0 unspecified atom stereocenters. The van der Waals surface area contributed by atoms with Crippen LogP contribution < -0.4 is 15.8 Å². The van der Waals surface area contributed by atoms with E-state index in [9.17, 15) is 9.59 Å². The number of hydrogen-bond donors (Lipinski definition) is 2. The highest BCUT2D eigenvalue weighted by molar-refractivity contribution is 7.17. The van der Waals surface area contributed by atoms with Crippen LogP contribution in [0.2, 0.25) is 0 Å². The van der Waals surface area contributed by atoms with E-state index >= 15 is 0 Å². The summed E-state index contributed by atoms with van der Waals surface area (Å²) < 4.78 is 5.35. The van der Waals surface area contributed by atoms with Crippen molar-refractivity contribution in [2.45, 2.75) is 13.8 Å². The number of nitrogens with one attached hydrogen (secondary N) is 2. The van der Waals surface area contributed by atoms with Crippen molar-refractivity contribution in [2.24, 2.45) is 0 Å². The first-order valence-corrected chi connectivity index (χ1v) is 11.1. The molecular formula is C20H21N5O3S2. The molecule has 2 aromatic heterocycles. The summed E-state index contributed by atoms with van der Waals surface area (Å²) in [6, 6.07) is 7.94. The predicted octanol–water partition coefficient (Wildman–Crippen LogP) is 2.79. The lowest BCUT2D eigenvalue weighted by Crippen LogP contribution is -2.41. The van der Waals surface area contributed by atoms with Crippen molar-refractivity contribution < 1.29 is 14.3 Å². The minimum atomic E-state index is -0.464. The van der Waals surface area contributed by atoms with Crippen LogP contribution in [0, 0.1) is 13.8 Å². The van der Waals surface area contributed by atoms with Crippen molar-refractivity contribution in [2.75, 3.05) is 31.2 Å². The zero-order valence-corrected chi connectivity index (χ0v) is 18.2. The van der Waals surface area contributed by atoms with Gasteiger partial charge >= 0.3 is 0 Å². The Kier molecular flexibility index (Phi) is 6.07. The molecule has 0 atom stereocenters. The van der Waals surface area contributed by atoms with Gasteiger partial charge in [0.2, 0.25) is 0 Å². The third-order valence-corrected chi connectivity index (χ3v) is 6.71. The predicted molar refractivity (Wildman–Crippen MR) is 117 cm³/mol. The summed E-state index contributed by atoms with van der Waals surface area (Å²) in [7, 11) is 0. The summed E-state index contributed by atoms with van der Waals surface area (Å²) in [5.74, 6) is -0.861. The van der Waals surface area contributed by atoms with Crippen LogP contribution in [0.5, 0.6) is 0 Å². The first kappa shape index (κ1) is 20.5. The van der Waals surface area contributed by atoms with Gasteiger partial charge in [-0.25, -0.2) is 9.97 Å². The summed E-state index contributed by atoms with van der Waals surface area (Å²) in [6.07, 6.45) is 0. The lowest BCUT2D eigenvalue weighted by atomic mass is 10.2. The normalized spacial score (nSPS) is 13.9. The maximum Gasteiger partial charge on any atom is 0.289 e. The molecule has 4 rings (SSSR count). The quantitative estimate of drug-likeness (QED) is 0.602. The molecule has 0 radical (unpaired) electrons. The number of carbonyl (C=O) groups is 2. The largest absolute Gasteiger partial charge is 0.378 e. The van der Waals surface area contributed by atoms with Crippen molar-refractivity contribution in [3.8, 4) is 10.6 Å². The van der Waals surface area contributed by atoms with Crippen LogP contribution in [0.1, 0.15) is 31.4 Å². The lowest BCUT2D eigenvalue weighted by Gasteiger charge is -2.25. The molecule has 1 aromatic carbocycles. The minimum absolute atomic E-state index is 0.255. The molecule has 1 fully saturated rings. The second kappa shape index (κ2) is 8.90. The Balaban J connectivity index is 1.37. The van der Waals surface area contributed by atoms with Crippen molar-refractivity contribution in [3.63, 3.8) is 0 Å². The number of rotatable bonds is 4. The molecule has 30 heavy (non-hydrogen) atoms. The van der Waals surface area contributed by atoms with Gasteiger partial charge in [-0.05, 0) is 13.8 Å². The van der Waals surface area contributed by atoms with Crippen LogP contribution in [-0.2, 0) is 4.74 Å². The van der Waals surface area contributed by atoms with E-state index in [0.717, 1.165) is 34.4 Å². The number of hydrogen-bond acceptors (Lipinski definition) is 8. The number of aryl methyl sites for hydroxylation is 2. The lowest BCUT2D eigenvalue weighted by molar-refractivity contribution is 0.0846. The summed E-state index contributed by atoms with van der Waals surface area (Å²) in [5.41, 5.74) is 7.89. The Morgan fingerprint density at radius 2 is 1.73 bits per heavy atom. The smallest absolute Gasteiger partial charge is 0.289 e. The van der Waals surface area contributed by atoms with Crippen molar-refractivity contribution >= 4 is 39.6 Å². The third-order valence-electron chi connectivity index (χ3n) is 4.60. The fourth-order valence-corrected chi connectivity index (χ4v) is 4.74. The molecule has 3 heterocycles. The zero-order valence-electron chi connectivity index (χ0n) is 16.6. The molecule has 0 saturated carbocycles. The third kappa shape index (κ3) is 4.50. The van der Waals surface area contributed by atoms with E-state index < -0.39 is 11.8 Å². The molecule has 1 aliphatic heterocycles. The van der Waals surface area contributed by atoms with E-state index in [1.165, 1.54) is 22.7 Å². The first-order chi connectivity index (χ1) is 14.5. The average molecular weight is 444 g/mol. The summed E-state index contributed by atoms with van der Waals surface area (Å²) in [5, 5.41) is 3.21. The topological polar surface area (TPSA) is 96.5 Å². The van der Waals surface area contributed by atoms with Gasteiger partial charge in [0.05, 0.1) is 18.9 Å². The van der Waals surface area contributed by atoms with E-state index in [-0.39, 0.29) is 5.69 Å². The number of aromatic nitrogens is 2. The Hall–Kier alpha value is -2.82. The molecule has 1 aliphatic rings. The number of benzene rings is 1. The Bertz CT molecular complexity index is 1050. The highest BCUT2D eigenvalue weighted by Gasteiger charge is 2.21.